The van der Waals surface area contributed by atoms with Gasteiger partial charge in [-0.2, -0.15) is 0 Å². The molecule has 0 saturated heterocycles. The van der Waals surface area contributed by atoms with Gasteiger partial charge in [-0.25, -0.2) is 0 Å². The van der Waals surface area contributed by atoms with Crippen molar-refractivity contribution in [2.24, 2.45) is 0 Å². The molecular formula is C14H22ClNO. The number of ether oxygens (including phenoxy) is 1. The lowest BCUT2D eigenvalue weighted by atomic mass is 10.2. The highest BCUT2D eigenvalue weighted by molar-refractivity contribution is 6.30. The number of hydrogen-bond acceptors (Lipinski definition) is 2. The largest absolute Gasteiger partial charge is 0.491 e. The van der Waals surface area contributed by atoms with Gasteiger partial charge in [-0.05, 0) is 50.6 Å². The monoisotopic (exact) mass is 255 g/mol. The fraction of sp³-hybridized carbons (Fsp3) is 0.571. The number of halogens is 1. The predicted octanol–water partition coefficient (Wildman–Crippen LogP) is 3.89. The van der Waals surface area contributed by atoms with Crippen molar-refractivity contribution in [2.45, 2.75) is 45.8 Å². The maximum absolute atomic E-state index is 5.82. The van der Waals surface area contributed by atoms with Gasteiger partial charge in [0.25, 0.3) is 0 Å². The molecule has 0 aliphatic carbocycles. The SMILES string of the molecule is CC(C)NCCCC(C)Oc1ccc(Cl)cc1. The molecular weight excluding hydrogens is 234 g/mol. The third-order valence-corrected chi connectivity index (χ3v) is 2.74. The fourth-order valence-electron chi connectivity index (χ4n) is 1.58. The van der Waals surface area contributed by atoms with Gasteiger partial charge in [0.15, 0.2) is 0 Å². The highest BCUT2D eigenvalue weighted by Gasteiger charge is 2.04. The van der Waals surface area contributed by atoms with E-state index >= 15 is 0 Å². The first kappa shape index (κ1) is 14.3. The number of hydrogen-bond donors (Lipinski definition) is 1. The van der Waals surface area contributed by atoms with E-state index in [-0.39, 0.29) is 6.10 Å². The predicted molar refractivity (Wildman–Crippen MR) is 73.9 cm³/mol. The molecule has 17 heavy (non-hydrogen) atoms. The van der Waals surface area contributed by atoms with Gasteiger partial charge in [0, 0.05) is 11.1 Å². The molecule has 0 bridgehead atoms. The van der Waals surface area contributed by atoms with Crippen LogP contribution in [-0.2, 0) is 0 Å². The second kappa shape index (κ2) is 7.57. The van der Waals surface area contributed by atoms with Crippen LogP contribution in [0, 0.1) is 0 Å². The van der Waals surface area contributed by atoms with Crippen LogP contribution in [-0.4, -0.2) is 18.7 Å². The maximum atomic E-state index is 5.82. The number of benzene rings is 1. The second-order valence-corrected chi connectivity index (χ2v) is 5.07. The summed E-state index contributed by atoms with van der Waals surface area (Å²) in [6.07, 6.45) is 2.43. The standard InChI is InChI=1S/C14H22ClNO/c1-11(2)16-10-4-5-12(3)17-14-8-6-13(15)7-9-14/h6-9,11-12,16H,4-5,10H2,1-3H3. The molecule has 1 unspecified atom stereocenters. The lowest BCUT2D eigenvalue weighted by molar-refractivity contribution is 0.207. The molecule has 1 rings (SSSR count). The van der Waals surface area contributed by atoms with E-state index in [4.69, 9.17) is 16.3 Å². The van der Waals surface area contributed by atoms with Gasteiger partial charge < -0.3 is 10.1 Å². The summed E-state index contributed by atoms with van der Waals surface area (Å²) in [7, 11) is 0. The molecule has 0 amide bonds. The summed E-state index contributed by atoms with van der Waals surface area (Å²) < 4.78 is 5.79. The van der Waals surface area contributed by atoms with E-state index in [1.807, 2.05) is 24.3 Å². The average molecular weight is 256 g/mol. The van der Waals surface area contributed by atoms with Crippen LogP contribution in [0.2, 0.25) is 5.02 Å². The highest BCUT2D eigenvalue weighted by Crippen LogP contribution is 2.17. The molecule has 1 N–H and O–H groups in total. The van der Waals surface area contributed by atoms with E-state index in [0.717, 1.165) is 30.2 Å². The van der Waals surface area contributed by atoms with Gasteiger partial charge in [0.05, 0.1) is 6.10 Å². The molecule has 1 aromatic rings. The Morgan fingerprint density at radius 1 is 1.18 bits per heavy atom. The van der Waals surface area contributed by atoms with Crippen molar-refractivity contribution in [2.75, 3.05) is 6.54 Å². The Kier molecular flexibility index (Phi) is 6.38. The van der Waals surface area contributed by atoms with Crippen molar-refractivity contribution in [1.82, 2.24) is 5.32 Å². The molecule has 0 aliphatic rings. The van der Waals surface area contributed by atoms with Gasteiger partial charge in [0.2, 0.25) is 0 Å². The van der Waals surface area contributed by atoms with Crippen LogP contribution in [0.25, 0.3) is 0 Å². The van der Waals surface area contributed by atoms with Crippen molar-refractivity contribution in [1.29, 1.82) is 0 Å². The van der Waals surface area contributed by atoms with E-state index in [1.54, 1.807) is 0 Å². The van der Waals surface area contributed by atoms with Gasteiger partial charge in [0.1, 0.15) is 5.75 Å². The Morgan fingerprint density at radius 2 is 1.82 bits per heavy atom. The molecule has 0 aliphatic heterocycles. The zero-order valence-corrected chi connectivity index (χ0v) is 11.6. The Hall–Kier alpha value is -0.730. The zero-order valence-electron chi connectivity index (χ0n) is 10.9. The third-order valence-electron chi connectivity index (χ3n) is 2.49. The summed E-state index contributed by atoms with van der Waals surface area (Å²) in [4.78, 5) is 0. The molecule has 3 heteroatoms. The molecule has 0 aromatic heterocycles. The Balaban J connectivity index is 2.20. The summed E-state index contributed by atoms with van der Waals surface area (Å²) >= 11 is 5.82. The quantitative estimate of drug-likeness (QED) is 0.747. The van der Waals surface area contributed by atoms with E-state index < -0.39 is 0 Å². The minimum absolute atomic E-state index is 0.241. The smallest absolute Gasteiger partial charge is 0.119 e. The zero-order chi connectivity index (χ0) is 12.7. The molecule has 1 atom stereocenters. The van der Waals surface area contributed by atoms with E-state index in [2.05, 4.69) is 26.1 Å². The van der Waals surface area contributed by atoms with Crippen LogP contribution < -0.4 is 10.1 Å². The molecule has 2 nitrogen and oxygen atoms in total. The van der Waals surface area contributed by atoms with Crippen LogP contribution in [0.4, 0.5) is 0 Å². The van der Waals surface area contributed by atoms with E-state index in [0.29, 0.717) is 6.04 Å². The lowest BCUT2D eigenvalue weighted by Crippen LogP contribution is -2.25. The molecule has 0 heterocycles. The maximum Gasteiger partial charge on any atom is 0.119 e. The minimum atomic E-state index is 0.241. The summed E-state index contributed by atoms with van der Waals surface area (Å²) in [5.74, 6) is 0.888. The lowest BCUT2D eigenvalue weighted by Gasteiger charge is -2.15. The van der Waals surface area contributed by atoms with Crippen LogP contribution in [0.5, 0.6) is 5.75 Å². The summed E-state index contributed by atoms with van der Waals surface area (Å²) in [5, 5.41) is 4.14. The molecule has 0 radical (unpaired) electrons. The van der Waals surface area contributed by atoms with Gasteiger partial charge in [-0.15, -0.1) is 0 Å². The number of rotatable bonds is 7. The average Bonchev–Trinajstić information content (AvgIpc) is 2.27. The molecule has 0 spiro atoms. The van der Waals surface area contributed by atoms with Crippen molar-refractivity contribution in [3.63, 3.8) is 0 Å². The third kappa shape index (κ3) is 6.54. The van der Waals surface area contributed by atoms with Gasteiger partial charge in [-0.1, -0.05) is 25.4 Å². The van der Waals surface area contributed by atoms with Crippen LogP contribution >= 0.6 is 11.6 Å². The second-order valence-electron chi connectivity index (χ2n) is 4.63. The molecule has 96 valence electrons. The van der Waals surface area contributed by atoms with Crippen molar-refractivity contribution in [3.8, 4) is 5.75 Å². The Labute approximate surface area is 109 Å². The van der Waals surface area contributed by atoms with Gasteiger partial charge >= 0.3 is 0 Å². The molecule has 1 aromatic carbocycles. The first-order valence-corrected chi connectivity index (χ1v) is 6.61. The minimum Gasteiger partial charge on any atom is -0.491 e. The van der Waals surface area contributed by atoms with Crippen molar-refractivity contribution < 1.29 is 4.74 Å². The normalized spacial score (nSPS) is 12.8. The topological polar surface area (TPSA) is 21.3 Å². The Bertz CT molecular complexity index is 311. The first-order chi connectivity index (χ1) is 8.08. The van der Waals surface area contributed by atoms with Crippen LogP contribution in [0.15, 0.2) is 24.3 Å². The summed E-state index contributed by atoms with van der Waals surface area (Å²) in [6, 6.07) is 8.08. The summed E-state index contributed by atoms with van der Waals surface area (Å²) in [6.45, 7) is 7.47. The summed E-state index contributed by atoms with van der Waals surface area (Å²) in [5.41, 5.74) is 0. The van der Waals surface area contributed by atoms with Crippen molar-refractivity contribution >= 4 is 11.6 Å². The van der Waals surface area contributed by atoms with Crippen LogP contribution in [0.1, 0.15) is 33.6 Å². The van der Waals surface area contributed by atoms with E-state index in [9.17, 15) is 0 Å². The van der Waals surface area contributed by atoms with Crippen LogP contribution in [0.3, 0.4) is 0 Å². The molecule has 0 saturated carbocycles. The Morgan fingerprint density at radius 3 is 2.41 bits per heavy atom. The van der Waals surface area contributed by atoms with Gasteiger partial charge in [-0.3, -0.25) is 0 Å². The van der Waals surface area contributed by atoms with Crippen molar-refractivity contribution in [3.05, 3.63) is 29.3 Å². The first-order valence-electron chi connectivity index (χ1n) is 6.23. The molecule has 0 fully saturated rings. The highest BCUT2D eigenvalue weighted by atomic mass is 35.5. The number of nitrogens with one attached hydrogen (secondary N) is 1. The fourth-order valence-corrected chi connectivity index (χ4v) is 1.71. The van der Waals surface area contributed by atoms with E-state index in [1.165, 1.54) is 0 Å².